The number of nitrogens with zero attached hydrogens (tertiary/aromatic N) is 1. The fourth-order valence-corrected chi connectivity index (χ4v) is 1.78. The first-order valence-electron chi connectivity index (χ1n) is 6.59. The fourth-order valence-electron chi connectivity index (χ4n) is 1.78. The minimum Gasteiger partial charge on any atom is -0.343 e. The molecule has 0 aliphatic heterocycles. The van der Waals surface area contributed by atoms with Crippen LogP contribution in [0, 0.1) is 5.92 Å². The third-order valence-corrected chi connectivity index (χ3v) is 2.66. The molecule has 0 spiro atoms. The molecule has 2 N–H and O–H groups in total. The van der Waals surface area contributed by atoms with Crippen LogP contribution in [0.25, 0.3) is 0 Å². The Labute approximate surface area is 113 Å². The maximum absolute atomic E-state index is 11.8. The maximum atomic E-state index is 11.8. The first-order valence-corrected chi connectivity index (χ1v) is 6.59. The number of carbonyl (C=O) groups excluding carboxylic acids is 1. The zero-order chi connectivity index (χ0) is 12.4. The van der Waals surface area contributed by atoms with Gasteiger partial charge in [0.2, 0.25) is 5.91 Å². The number of hydrogen-bond donors (Lipinski definition) is 1. The first kappa shape index (κ1) is 19.1. The van der Waals surface area contributed by atoms with E-state index in [1.165, 1.54) is 0 Å². The fraction of sp³-hybridized carbons (Fsp3) is 0.923. The molecule has 1 amide bonds. The van der Waals surface area contributed by atoms with Gasteiger partial charge in [0.15, 0.2) is 0 Å². The molecular weight excluding hydrogens is 236 g/mol. The normalized spacial score (nSPS) is 10.2. The second kappa shape index (κ2) is 12.2. The van der Waals surface area contributed by atoms with Gasteiger partial charge < -0.3 is 10.6 Å². The van der Waals surface area contributed by atoms with Crippen molar-refractivity contribution in [3.63, 3.8) is 0 Å². The zero-order valence-electron chi connectivity index (χ0n) is 11.6. The lowest BCUT2D eigenvalue weighted by Gasteiger charge is -2.22. The van der Waals surface area contributed by atoms with Gasteiger partial charge in [-0.3, -0.25) is 4.79 Å². The van der Waals surface area contributed by atoms with Gasteiger partial charge in [-0.05, 0) is 32.2 Å². The second-order valence-electron chi connectivity index (χ2n) is 4.78. The molecule has 0 aromatic heterocycles. The summed E-state index contributed by atoms with van der Waals surface area (Å²) in [5, 5.41) is 0. The summed E-state index contributed by atoms with van der Waals surface area (Å²) in [4.78, 5) is 13.8. The van der Waals surface area contributed by atoms with E-state index in [9.17, 15) is 4.79 Å². The van der Waals surface area contributed by atoms with E-state index >= 15 is 0 Å². The summed E-state index contributed by atoms with van der Waals surface area (Å²) in [6, 6.07) is 0. The highest BCUT2D eigenvalue weighted by atomic mass is 35.5. The minimum absolute atomic E-state index is 0. The Balaban J connectivity index is 0. The van der Waals surface area contributed by atoms with Crippen LogP contribution < -0.4 is 5.73 Å². The Hall–Kier alpha value is -0.280. The number of nitrogens with two attached hydrogens (primary N) is 1. The van der Waals surface area contributed by atoms with Gasteiger partial charge in [-0.2, -0.15) is 0 Å². The van der Waals surface area contributed by atoms with Gasteiger partial charge in [0.25, 0.3) is 0 Å². The largest absolute Gasteiger partial charge is 0.343 e. The van der Waals surface area contributed by atoms with Gasteiger partial charge in [0, 0.05) is 19.5 Å². The lowest BCUT2D eigenvalue weighted by atomic mass is 10.1. The Morgan fingerprint density at radius 3 is 2.24 bits per heavy atom. The molecule has 4 heteroatoms. The van der Waals surface area contributed by atoms with Gasteiger partial charge in [-0.15, -0.1) is 12.4 Å². The lowest BCUT2D eigenvalue weighted by Crippen LogP contribution is -2.33. The van der Waals surface area contributed by atoms with E-state index in [-0.39, 0.29) is 12.4 Å². The van der Waals surface area contributed by atoms with E-state index < -0.39 is 0 Å². The average Bonchev–Trinajstić information content (AvgIpc) is 2.25. The highest BCUT2D eigenvalue weighted by molar-refractivity contribution is 5.85. The molecule has 0 bridgehead atoms. The van der Waals surface area contributed by atoms with Gasteiger partial charge >= 0.3 is 0 Å². The first-order chi connectivity index (χ1) is 7.61. The molecule has 0 radical (unpaired) electrons. The molecule has 0 fully saturated rings. The number of hydrogen-bond acceptors (Lipinski definition) is 2. The molecule has 3 nitrogen and oxygen atoms in total. The van der Waals surface area contributed by atoms with E-state index in [0.29, 0.717) is 18.2 Å². The smallest absolute Gasteiger partial charge is 0.222 e. The molecule has 0 atom stereocenters. The van der Waals surface area contributed by atoms with Crippen molar-refractivity contribution in [3.05, 3.63) is 0 Å². The second-order valence-corrected chi connectivity index (χ2v) is 4.78. The molecule has 17 heavy (non-hydrogen) atoms. The summed E-state index contributed by atoms with van der Waals surface area (Å²) in [6.45, 7) is 8.84. The van der Waals surface area contributed by atoms with E-state index in [1.807, 2.05) is 4.90 Å². The van der Waals surface area contributed by atoms with Crippen molar-refractivity contribution in [1.29, 1.82) is 0 Å². The highest BCUT2D eigenvalue weighted by Crippen LogP contribution is 2.07. The predicted molar refractivity (Wildman–Crippen MR) is 76.5 cm³/mol. The zero-order valence-corrected chi connectivity index (χ0v) is 12.4. The van der Waals surface area contributed by atoms with Crippen LogP contribution in [0.5, 0.6) is 0 Å². The third kappa shape index (κ3) is 10.6. The van der Waals surface area contributed by atoms with Gasteiger partial charge in [-0.25, -0.2) is 0 Å². The molecule has 0 heterocycles. The molecule has 0 aromatic carbocycles. The molecule has 0 aliphatic carbocycles. The van der Waals surface area contributed by atoms with Crippen LogP contribution in [-0.4, -0.2) is 30.4 Å². The van der Waals surface area contributed by atoms with Crippen LogP contribution in [0.2, 0.25) is 0 Å². The van der Waals surface area contributed by atoms with Crippen LogP contribution >= 0.6 is 12.4 Å². The van der Waals surface area contributed by atoms with Crippen molar-refractivity contribution in [2.24, 2.45) is 11.7 Å². The molecular formula is C13H29ClN2O. The number of amides is 1. The maximum Gasteiger partial charge on any atom is 0.222 e. The van der Waals surface area contributed by atoms with E-state index in [2.05, 4.69) is 20.8 Å². The van der Waals surface area contributed by atoms with Crippen molar-refractivity contribution in [2.75, 3.05) is 19.6 Å². The van der Waals surface area contributed by atoms with Crippen molar-refractivity contribution in [3.8, 4) is 0 Å². The predicted octanol–water partition coefficient (Wildman–Crippen LogP) is 2.82. The van der Waals surface area contributed by atoms with E-state index in [4.69, 9.17) is 5.73 Å². The number of unbranched alkanes of at least 4 members (excludes halogenated alkanes) is 3. The molecule has 0 unspecified atom stereocenters. The van der Waals surface area contributed by atoms with Crippen molar-refractivity contribution < 1.29 is 4.79 Å². The van der Waals surface area contributed by atoms with E-state index in [0.717, 1.165) is 45.3 Å². The van der Waals surface area contributed by atoms with Crippen molar-refractivity contribution >= 4 is 18.3 Å². The van der Waals surface area contributed by atoms with Gasteiger partial charge in [0.1, 0.15) is 0 Å². The van der Waals surface area contributed by atoms with Crippen LogP contribution in [0.4, 0.5) is 0 Å². The standard InChI is InChI=1S/C13H28N2O.ClH/c1-4-15(11-12(2)3)13(16)9-7-5-6-8-10-14;/h12H,4-11,14H2,1-3H3;1H. The summed E-state index contributed by atoms with van der Waals surface area (Å²) in [6.07, 6.45) is 5.07. The van der Waals surface area contributed by atoms with E-state index in [1.54, 1.807) is 0 Å². The molecule has 0 saturated carbocycles. The monoisotopic (exact) mass is 264 g/mol. The number of carbonyl (C=O) groups is 1. The third-order valence-electron chi connectivity index (χ3n) is 2.66. The molecule has 0 aromatic rings. The van der Waals surface area contributed by atoms with Gasteiger partial charge in [-0.1, -0.05) is 26.7 Å². The Morgan fingerprint density at radius 1 is 1.18 bits per heavy atom. The molecule has 0 rings (SSSR count). The Kier molecular flexibility index (Phi) is 13.7. The SMILES string of the molecule is CCN(CC(C)C)C(=O)CCCCCCN.Cl. The highest BCUT2D eigenvalue weighted by Gasteiger charge is 2.11. The number of rotatable bonds is 9. The lowest BCUT2D eigenvalue weighted by molar-refractivity contribution is -0.131. The molecule has 0 aliphatic rings. The number of halogens is 1. The summed E-state index contributed by atoms with van der Waals surface area (Å²) in [5.74, 6) is 0.866. The Bertz CT molecular complexity index is 186. The van der Waals surface area contributed by atoms with Crippen LogP contribution in [0.3, 0.4) is 0 Å². The average molecular weight is 265 g/mol. The summed E-state index contributed by atoms with van der Waals surface area (Å²) in [5.41, 5.74) is 5.42. The van der Waals surface area contributed by atoms with Crippen molar-refractivity contribution in [1.82, 2.24) is 4.90 Å². The molecule has 0 saturated heterocycles. The summed E-state index contributed by atoms with van der Waals surface area (Å²) >= 11 is 0. The topological polar surface area (TPSA) is 46.3 Å². The molecule has 104 valence electrons. The Morgan fingerprint density at radius 2 is 1.76 bits per heavy atom. The quantitative estimate of drug-likeness (QED) is 0.651. The van der Waals surface area contributed by atoms with Crippen LogP contribution in [0.1, 0.15) is 52.9 Å². The van der Waals surface area contributed by atoms with Crippen LogP contribution in [0.15, 0.2) is 0 Å². The van der Waals surface area contributed by atoms with Crippen LogP contribution in [-0.2, 0) is 4.79 Å². The minimum atomic E-state index is 0. The van der Waals surface area contributed by atoms with Gasteiger partial charge in [0.05, 0.1) is 0 Å². The summed E-state index contributed by atoms with van der Waals surface area (Å²) < 4.78 is 0. The van der Waals surface area contributed by atoms with Crippen molar-refractivity contribution in [2.45, 2.75) is 52.9 Å². The summed E-state index contributed by atoms with van der Waals surface area (Å²) in [7, 11) is 0.